The van der Waals surface area contributed by atoms with Gasteiger partial charge in [0.05, 0.1) is 5.56 Å². The zero-order valence-corrected chi connectivity index (χ0v) is 10.1. The fraction of sp³-hybridized carbons (Fsp3) is 0.538. The SMILES string of the molecule is Nc1ccc(NCCCC2CC2)c(C(F)(F)F)c1. The van der Waals surface area contributed by atoms with Crippen LogP contribution in [0.25, 0.3) is 0 Å². The highest BCUT2D eigenvalue weighted by atomic mass is 19.4. The number of nitrogens with one attached hydrogen (secondary N) is 1. The Balaban J connectivity index is 1.97. The number of anilines is 2. The summed E-state index contributed by atoms with van der Waals surface area (Å²) in [5, 5.41) is 2.85. The molecule has 3 N–H and O–H groups in total. The summed E-state index contributed by atoms with van der Waals surface area (Å²) in [6, 6.07) is 3.86. The van der Waals surface area contributed by atoms with Gasteiger partial charge in [0.2, 0.25) is 0 Å². The van der Waals surface area contributed by atoms with E-state index in [9.17, 15) is 13.2 Å². The number of benzene rings is 1. The summed E-state index contributed by atoms with van der Waals surface area (Å²) in [4.78, 5) is 0. The molecule has 1 aromatic rings. The number of halogens is 3. The molecule has 0 radical (unpaired) electrons. The van der Waals surface area contributed by atoms with Crippen molar-refractivity contribution in [2.24, 2.45) is 5.92 Å². The summed E-state index contributed by atoms with van der Waals surface area (Å²) in [7, 11) is 0. The van der Waals surface area contributed by atoms with Crippen molar-refractivity contribution in [2.45, 2.75) is 31.9 Å². The second kappa shape index (κ2) is 5.08. The average Bonchev–Trinajstić information content (AvgIpc) is 3.08. The lowest BCUT2D eigenvalue weighted by Crippen LogP contribution is -2.12. The molecule has 2 rings (SSSR count). The summed E-state index contributed by atoms with van der Waals surface area (Å²) in [5.74, 6) is 0.806. The van der Waals surface area contributed by atoms with Crippen molar-refractivity contribution in [1.82, 2.24) is 0 Å². The first kappa shape index (κ1) is 13.1. The highest BCUT2D eigenvalue weighted by Gasteiger charge is 2.33. The molecule has 0 bridgehead atoms. The maximum absolute atomic E-state index is 12.8. The van der Waals surface area contributed by atoms with Crippen molar-refractivity contribution >= 4 is 11.4 Å². The lowest BCUT2D eigenvalue weighted by atomic mass is 10.1. The van der Waals surface area contributed by atoms with Gasteiger partial charge in [-0.3, -0.25) is 0 Å². The fourth-order valence-corrected chi connectivity index (χ4v) is 1.97. The van der Waals surface area contributed by atoms with Crippen LogP contribution in [0, 0.1) is 5.92 Å². The molecule has 0 aromatic heterocycles. The monoisotopic (exact) mass is 258 g/mol. The number of alkyl halides is 3. The Bertz CT molecular complexity index is 411. The molecule has 1 aromatic carbocycles. The largest absolute Gasteiger partial charge is 0.418 e. The third kappa shape index (κ3) is 3.55. The van der Waals surface area contributed by atoms with Crippen LogP contribution in [0.1, 0.15) is 31.2 Å². The van der Waals surface area contributed by atoms with Crippen LogP contribution < -0.4 is 11.1 Å². The molecule has 0 unspecified atom stereocenters. The van der Waals surface area contributed by atoms with Crippen molar-refractivity contribution in [1.29, 1.82) is 0 Å². The van der Waals surface area contributed by atoms with E-state index in [1.165, 1.54) is 25.0 Å². The quantitative estimate of drug-likeness (QED) is 0.621. The first-order chi connectivity index (χ1) is 8.47. The lowest BCUT2D eigenvalue weighted by molar-refractivity contribution is -0.136. The molecule has 1 aliphatic carbocycles. The Hall–Kier alpha value is -1.39. The first-order valence-corrected chi connectivity index (χ1v) is 6.17. The molecule has 1 fully saturated rings. The van der Waals surface area contributed by atoms with Crippen molar-refractivity contribution < 1.29 is 13.2 Å². The normalized spacial score (nSPS) is 15.7. The lowest BCUT2D eigenvalue weighted by Gasteiger charge is -2.15. The van der Waals surface area contributed by atoms with Crippen LogP contribution in [-0.2, 0) is 6.18 Å². The molecular formula is C13H17F3N2. The molecular weight excluding hydrogens is 241 g/mol. The van der Waals surface area contributed by atoms with Gasteiger partial charge >= 0.3 is 6.18 Å². The van der Waals surface area contributed by atoms with Gasteiger partial charge in [-0.05, 0) is 37.0 Å². The molecule has 0 amide bonds. The third-order valence-electron chi connectivity index (χ3n) is 3.15. The van der Waals surface area contributed by atoms with Crippen LogP contribution in [0.5, 0.6) is 0 Å². The van der Waals surface area contributed by atoms with Crippen LogP contribution >= 0.6 is 0 Å². The van der Waals surface area contributed by atoms with Crippen LogP contribution in [0.15, 0.2) is 18.2 Å². The molecule has 18 heavy (non-hydrogen) atoms. The van der Waals surface area contributed by atoms with Gasteiger partial charge in [0.1, 0.15) is 0 Å². The number of nitrogens with two attached hydrogens (primary N) is 1. The first-order valence-electron chi connectivity index (χ1n) is 6.17. The summed E-state index contributed by atoms with van der Waals surface area (Å²) >= 11 is 0. The topological polar surface area (TPSA) is 38.0 Å². The smallest absolute Gasteiger partial charge is 0.399 e. The zero-order chi connectivity index (χ0) is 13.2. The van der Waals surface area contributed by atoms with Crippen LogP contribution in [0.2, 0.25) is 0 Å². The van der Waals surface area contributed by atoms with Crippen molar-refractivity contribution in [3.8, 4) is 0 Å². The van der Waals surface area contributed by atoms with Crippen molar-refractivity contribution in [3.63, 3.8) is 0 Å². The third-order valence-corrected chi connectivity index (χ3v) is 3.15. The minimum Gasteiger partial charge on any atom is -0.399 e. The molecule has 0 heterocycles. The molecule has 0 aliphatic heterocycles. The highest BCUT2D eigenvalue weighted by molar-refractivity contribution is 5.59. The number of hydrogen-bond acceptors (Lipinski definition) is 2. The summed E-state index contributed by atoms with van der Waals surface area (Å²) < 4.78 is 38.3. The van der Waals surface area contributed by atoms with Crippen molar-refractivity contribution in [3.05, 3.63) is 23.8 Å². The summed E-state index contributed by atoms with van der Waals surface area (Å²) in [6.45, 7) is 0.573. The van der Waals surface area contributed by atoms with Gasteiger partial charge in [0.15, 0.2) is 0 Å². The van der Waals surface area contributed by atoms with E-state index in [0.29, 0.717) is 6.54 Å². The van der Waals surface area contributed by atoms with Gasteiger partial charge in [0.25, 0.3) is 0 Å². The minimum atomic E-state index is -4.37. The van der Waals surface area contributed by atoms with E-state index in [1.807, 2.05) is 0 Å². The molecule has 0 saturated heterocycles. The van der Waals surface area contributed by atoms with E-state index in [-0.39, 0.29) is 11.4 Å². The van der Waals surface area contributed by atoms with Gasteiger partial charge in [-0.15, -0.1) is 0 Å². The Morgan fingerprint density at radius 1 is 1.28 bits per heavy atom. The second-order valence-electron chi connectivity index (χ2n) is 4.82. The summed E-state index contributed by atoms with van der Waals surface area (Å²) in [6.07, 6.45) is 0.190. The van der Waals surface area contributed by atoms with Gasteiger partial charge in [-0.25, -0.2) is 0 Å². The van der Waals surface area contributed by atoms with Crippen LogP contribution in [-0.4, -0.2) is 6.54 Å². The standard InChI is InChI=1S/C13H17F3N2/c14-13(15,16)11-8-10(17)5-6-12(11)18-7-1-2-9-3-4-9/h5-6,8-9,18H,1-4,7,17H2. The molecule has 0 atom stereocenters. The van der Waals surface area contributed by atoms with E-state index < -0.39 is 11.7 Å². The second-order valence-corrected chi connectivity index (χ2v) is 4.82. The average molecular weight is 258 g/mol. The van der Waals surface area contributed by atoms with E-state index in [4.69, 9.17) is 5.73 Å². The van der Waals surface area contributed by atoms with Gasteiger partial charge in [-0.2, -0.15) is 13.2 Å². The summed E-state index contributed by atoms with van der Waals surface area (Å²) in [5.41, 5.74) is 4.96. The molecule has 1 saturated carbocycles. The maximum atomic E-state index is 12.8. The van der Waals surface area contributed by atoms with Crippen LogP contribution in [0.4, 0.5) is 24.5 Å². The Kier molecular flexibility index (Phi) is 3.68. The van der Waals surface area contributed by atoms with Gasteiger partial charge < -0.3 is 11.1 Å². The maximum Gasteiger partial charge on any atom is 0.418 e. The highest BCUT2D eigenvalue weighted by Crippen LogP contribution is 2.36. The zero-order valence-electron chi connectivity index (χ0n) is 10.1. The van der Waals surface area contributed by atoms with Gasteiger partial charge in [-0.1, -0.05) is 12.8 Å². The molecule has 5 heteroatoms. The van der Waals surface area contributed by atoms with Crippen LogP contribution in [0.3, 0.4) is 0 Å². The predicted molar refractivity (Wildman–Crippen MR) is 66.3 cm³/mol. The van der Waals surface area contributed by atoms with E-state index >= 15 is 0 Å². The van der Waals surface area contributed by atoms with E-state index in [0.717, 1.165) is 24.8 Å². The number of nitrogen functional groups attached to an aromatic ring is 1. The van der Waals surface area contributed by atoms with E-state index in [2.05, 4.69) is 5.32 Å². The Morgan fingerprint density at radius 2 is 2.00 bits per heavy atom. The van der Waals surface area contributed by atoms with Crippen molar-refractivity contribution in [2.75, 3.05) is 17.6 Å². The molecule has 100 valence electrons. The minimum absolute atomic E-state index is 0.118. The number of hydrogen-bond donors (Lipinski definition) is 2. The molecule has 0 spiro atoms. The molecule has 1 aliphatic rings. The Morgan fingerprint density at radius 3 is 2.61 bits per heavy atom. The number of rotatable bonds is 5. The van der Waals surface area contributed by atoms with Gasteiger partial charge in [0, 0.05) is 17.9 Å². The molecule has 2 nitrogen and oxygen atoms in total. The fourth-order valence-electron chi connectivity index (χ4n) is 1.97. The Labute approximate surface area is 104 Å². The predicted octanol–water partition coefficient (Wildman–Crippen LogP) is 3.89. The van der Waals surface area contributed by atoms with E-state index in [1.54, 1.807) is 0 Å².